The third kappa shape index (κ3) is 9.89. The molecule has 7 N–H and O–H groups in total. The van der Waals surface area contributed by atoms with E-state index in [-0.39, 0.29) is 5.75 Å². The fourth-order valence-corrected chi connectivity index (χ4v) is 2.17. The van der Waals surface area contributed by atoms with Crippen molar-refractivity contribution in [2.75, 3.05) is 19.3 Å². The Balaban J connectivity index is 4.74. The van der Waals surface area contributed by atoms with Gasteiger partial charge in [0.25, 0.3) is 0 Å². The predicted molar refractivity (Wildman–Crippen MR) is 93.4 cm³/mol. The minimum Gasteiger partial charge on any atom is -0.481 e. The molecule has 144 valence electrons. The number of aliphatic carboxylic acids is 2. The van der Waals surface area contributed by atoms with Crippen LogP contribution < -0.4 is 21.7 Å². The molecular formula is C14H26N4O6S. The van der Waals surface area contributed by atoms with Gasteiger partial charge in [-0.1, -0.05) is 6.42 Å². The van der Waals surface area contributed by atoms with Gasteiger partial charge in [-0.3, -0.25) is 14.4 Å². The Morgan fingerprint density at radius 2 is 1.64 bits per heavy atom. The zero-order valence-electron chi connectivity index (χ0n) is 14.0. The Bertz CT molecular complexity index is 476. The van der Waals surface area contributed by atoms with E-state index < -0.39 is 48.3 Å². The van der Waals surface area contributed by atoms with Crippen LogP contribution in [0, 0.1) is 0 Å². The third-order valence-corrected chi connectivity index (χ3v) is 3.70. The molecule has 0 aliphatic heterocycles. The minimum atomic E-state index is -1.42. The van der Waals surface area contributed by atoms with Crippen LogP contribution in [0.25, 0.3) is 0 Å². The molecule has 0 saturated heterocycles. The number of hydrogen-bond donors (Lipinski definition) is 7. The van der Waals surface area contributed by atoms with Crippen LogP contribution in [0.4, 0.5) is 0 Å². The standard InChI is InChI=1S/C14H26N4O6S/c1-16-5-3-2-4-8(15)12(21)17-9(6-11(19)20)13(22)18-10(7-25)14(23)24/h8-10,16,25H,2-7,15H2,1H3,(H,17,21)(H,18,22)(H,19,20)(H,23,24). The van der Waals surface area contributed by atoms with Gasteiger partial charge in [-0.2, -0.15) is 12.6 Å². The van der Waals surface area contributed by atoms with Crippen molar-refractivity contribution < 1.29 is 29.4 Å². The SMILES string of the molecule is CNCCCCC(N)C(=O)NC(CC(=O)O)C(=O)NC(CS)C(=O)O. The van der Waals surface area contributed by atoms with Gasteiger partial charge in [-0.15, -0.1) is 0 Å². The fraction of sp³-hybridized carbons (Fsp3) is 0.714. The molecule has 0 heterocycles. The molecule has 0 bridgehead atoms. The molecule has 0 aromatic heterocycles. The van der Waals surface area contributed by atoms with E-state index in [4.69, 9.17) is 15.9 Å². The Hall–Kier alpha value is -1.85. The van der Waals surface area contributed by atoms with Crippen LogP contribution in [-0.2, 0) is 19.2 Å². The van der Waals surface area contributed by atoms with Gasteiger partial charge < -0.3 is 31.9 Å². The summed E-state index contributed by atoms with van der Waals surface area (Å²) in [6.07, 6.45) is 1.19. The van der Waals surface area contributed by atoms with Crippen molar-refractivity contribution in [1.82, 2.24) is 16.0 Å². The molecule has 0 saturated carbocycles. The highest BCUT2D eigenvalue weighted by Crippen LogP contribution is 2.01. The number of carbonyl (C=O) groups is 4. The van der Waals surface area contributed by atoms with E-state index in [2.05, 4.69) is 28.6 Å². The molecule has 0 aromatic rings. The number of unbranched alkanes of at least 4 members (excludes halogenated alkanes) is 1. The topological polar surface area (TPSA) is 171 Å². The lowest BCUT2D eigenvalue weighted by molar-refractivity contribution is -0.143. The number of carbonyl (C=O) groups excluding carboxylic acids is 2. The molecule has 0 radical (unpaired) electrons. The molecule has 0 spiro atoms. The molecule has 25 heavy (non-hydrogen) atoms. The molecule has 10 nitrogen and oxygen atoms in total. The van der Waals surface area contributed by atoms with Crippen molar-refractivity contribution in [2.24, 2.45) is 5.73 Å². The van der Waals surface area contributed by atoms with Crippen LogP contribution >= 0.6 is 12.6 Å². The summed E-state index contributed by atoms with van der Waals surface area (Å²) in [5.41, 5.74) is 5.74. The van der Waals surface area contributed by atoms with E-state index in [9.17, 15) is 19.2 Å². The monoisotopic (exact) mass is 378 g/mol. The van der Waals surface area contributed by atoms with Crippen LogP contribution in [-0.4, -0.2) is 71.4 Å². The summed E-state index contributed by atoms with van der Waals surface area (Å²) in [6.45, 7) is 0.776. The summed E-state index contributed by atoms with van der Waals surface area (Å²) < 4.78 is 0. The van der Waals surface area contributed by atoms with E-state index >= 15 is 0 Å². The first-order chi connectivity index (χ1) is 11.7. The number of hydrogen-bond acceptors (Lipinski definition) is 7. The first kappa shape index (κ1) is 23.1. The molecule has 3 unspecified atom stereocenters. The fourth-order valence-electron chi connectivity index (χ4n) is 1.92. The molecule has 2 amide bonds. The van der Waals surface area contributed by atoms with E-state index in [0.29, 0.717) is 12.8 Å². The number of amides is 2. The zero-order valence-corrected chi connectivity index (χ0v) is 14.9. The first-order valence-corrected chi connectivity index (χ1v) is 8.42. The predicted octanol–water partition coefficient (Wildman–Crippen LogP) is -1.84. The summed E-state index contributed by atoms with van der Waals surface area (Å²) >= 11 is 3.80. The summed E-state index contributed by atoms with van der Waals surface area (Å²) in [7, 11) is 1.80. The Morgan fingerprint density at radius 3 is 2.12 bits per heavy atom. The second-order valence-corrected chi connectivity index (χ2v) is 5.81. The average Bonchev–Trinajstić information content (AvgIpc) is 2.54. The Labute approximate surface area is 151 Å². The smallest absolute Gasteiger partial charge is 0.327 e. The average molecular weight is 378 g/mol. The Morgan fingerprint density at radius 1 is 1.04 bits per heavy atom. The normalized spacial score (nSPS) is 14.2. The van der Waals surface area contributed by atoms with Gasteiger partial charge in [0.05, 0.1) is 12.5 Å². The molecule has 3 atom stereocenters. The van der Waals surface area contributed by atoms with Gasteiger partial charge in [0.2, 0.25) is 11.8 Å². The summed E-state index contributed by atoms with van der Waals surface area (Å²) in [5, 5.41) is 25.1. The first-order valence-electron chi connectivity index (χ1n) is 7.79. The largest absolute Gasteiger partial charge is 0.481 e. The maximum Gasteiger partial charge on any atom is 0.327 e. The quantitative estimate of drug-likeness (QED) is 0.145. The molecule has 0 rings (SSSR count). The van der Waals surface area contributed by atoms with Gasteiger partial charge in [-0.25, -0.2) is 4.79 Å². The number of rotatable bonds is 13. The molecular weight excluding hydrogens is 352 g/mol. The van der Waals surface area contributed by atoms with Crippen LogP contribution in [0.3, 0.4) is 0 Å². The highest BCUT2D eigenvalue weighted by atomic mass is 32.1. The van der Waals surface area contributed by atoms with Crippen molar-refractivity contribution in [1.29, 1.82) is 0 Å². The van der Waals surface area contributed by atoms with Crippen molar-refractivity contribution in [2.45, 2.75) is 43.8 Å². The van der Waals surface area contributed by atoms with Crippen LogP contribution in [0.1, 0.15) is 25.7 Å². The molecule has 0 fully saturated rings. The number of nitrogens with two attached hydrogens (primary N) is 1. The van der Waals surface area contributed by atoms with E-state index in [1.54, 1.807) is 7.05 Å². The van der Waals surface area contributed by atoms with Crippen molar-refractivity contribution >= 4 is 36.4 Å². The highest BCUT2D eigenvalue weighted by molar-refractivity contribution is 7.80. The van der Waals surface area contributed by atoms with Gasteiger partial charge >= 0.3 is 11.9 Å². The zero-order chi connectivity index (χ0) is 19.4. The number of nitrogens with one attached hydrogen (secondary N) is 3. The van der Waals surface area contributed by atoms with Crippen LogP contribution in [0.2, 0.25) is 0 Å². The van der Waals surface area contributed by atoms with Gasteiger partial charge in [0.15, 0.2) is 0 Å². The number of thiol groups is 1. The number of carboxylic acids is 2. The van der Waals surface area contributed by atoms with E-state index in [1.807, 2.05) is 0 Å². The summed E-state index contributed by atoms with van der Waals surface area (Å²) in [4.78, 5) is 45.9. The molecule has 11 heteroatoms. The van der Waals surface area contributed by atoms with Crippen LogP contribution in [0.15, 0.2) is 0 Å². The van der Waals surface area contributed by atoms with Gasteiger partial charge in [0, 0.05) is 5.75 Å². The van der Waals surface area contributed by atoms with Crippen molar-refractivity contribution in [3.8, 4) is 0 Å². The minimum absolute atomic E-state index is 0.181. The maximum atomic E-state index is 12.1. The Kier molecular flexibility index (Phi) is 11.6. The molecule has 0 aromatic carbocycles. The lowest BCUT2D eigenvalue weighted by Gasteiger charge is -2.21. The van der Waals surface area contributed by atoms with Crippen molar-refractivity contribution in [3.63, 3.8) is 0 Å². The molecule has 0 aliphatic rings. The lowest BCUT2D eigenvalue weighted by Crippen LogP contribution is -2.55. The van der Waals surface area contributed by atoms with E-state index in [0.717, 1.165) is 13.0 Å². The second-order valence-electron chi connectivity index (χ2n) is 5.45. The number of carboxylic acid groups (broad SMARTS) is 2. The second kappa shape index (κ2) is 12.5. The highest BCUT2D eigenvalue weighted by Gasteiger charge is 2.28. The van der Waals surface area contributed by atoms with Crippen LogP contribution in [0.5, 0.6) is 0 Å². The van der Waals surface area contributed by atoms with Gasteiger partial charge in [0.1, 0.15) is 12.1 Å². The lowest BCUT2D eigenvalue weighted by atomic mass is 10.1. The molecule has 0 aliphatic carbocycles. The van der Waals surface area contributed by atoms with Crippen molar-refractivity contribution in [3.05, 3.63) is 0 Å². The third-order valence-electron chi connectivity index (χ3n) is 3.34. The summed E-state index contributed by atoms with van der Waals surface area (Å²) in [5.74, 6) is -4.39. The summed E-state index contributed by atoms with van der Waals surface area (Å²) in [6, 6.07) is -3.60. The van der Waals surface area contributed by atoms with E-state index in [1.165, 1.54) is 0 Å². The maximum absolute atomic E-state index is 12.1. The van der Waals surface area contributed by atoms with Gasteiger partial charge in [-0.05, 0) is 26.4 Å².